The molecule has 0 aromatic carbocycles. The van der Waals surface area contributed by atoms with Crippen molar-refractivity contribution in [2.45, 2.75) is 22.9 Å². The van der Waals surface area contributed by atoms with Crippen molar-refractivity contribution < 1.29 is 9.53 Å². The summed E-state index contributed by atoms with van der Waals surface area (Å²) in [5.74, 6) is 3.45. The van der Waals surface area contributed by atoms with Crippen LogP contribution in [0.5, 0.6) is 0 Å². The molecular weight excluding hydrogens is 315 g/mol. The third kappa shape index (κ3) is 0.608. The average Bonchev–Trinajstić information content (AvgIpc) is 2.88. The lowest BCUT2D eigenvalue weighted by Gasteiger charge is -2.56. The number of fused-ring (bicyclic) bond motifs is 4. The first-order chi connectivity index (χ1) is 7.76. The summed E-state index contributed by atoms with van der Waals surface area (Å²) in [6.07, 6.45) is 7.33. The Morgan fingerprint density at radius 3 is 3.19 bits per heavy atom. The second kappa shape index (κ2) is 2.38. The first-order valence-corrected chi connectivity index (χ1v) is 7.52. The Morgan fingerprint density at radius 2 is 2.31 bits per heavy atom. The van der Waals surface area contributed by atoms with Crippen LogP contribution < -0.4 is 0 Å². The van der Waals surface area contributed by atoms with Crippen LogP contribution in [0.4, 0.5) is 0 Å². The van der Waals surface area contributed by atoms with E-state index in [4.69, 9.17) is 4.74 Å². The van der Waals surface area contributed by atoms with Crippen LogP contribution in [0.2, 0.25) is 0 Å². The van der Waals surface area contributed by atoms with Gasteiger partial charge in [-0.15, -0.1) is 0 Å². The zero-order chi connectivity index (χ0) is 10.7. The molecule has 1 spiro atoms. The van der Waals surface area contributed by atoms with Gasteiger partial charge in [-0.1, -0.05) is 34.7 Å². The van der Waals surface area contributed by atoms with Crippen LogP contribution in [0.1, 0.15) is 12.8 Å². The lowest BCUT2D eigenvalue weighted by Crippen LogP contribution is -2.61. The third-order valence-corrected chi connectivity index (χ3v) is 7.73. The number of esters is 1. The van der Waals surface area contributed by atoms with Gasteiger partial charge in [0.1, 0.15) is 6.10 Å². The molecule has 1 saturated heterocycles. The van der Waals surface area contributed by atoms with Gasteiger partial charge in [-0.2, -0.15) is 0 Å². The third-order valence-electron chi connectivity index (χ3n) is 6.09. The largest absolute Gasteiger partial charge is 0.460 e. The maximum absolute atomic E-state index is 12.3. The number of ether oxygens (including phenoxy) is 1. The molecule has 8 atom stereocenters. The molecule has 1 aliphatic heterocycles. The van der Waals surface area contributed by atoms with E-state index in [9.17, 15) is 4.79 Å². The number of carbonyl (C=O) groups excluding carboxylic acids is 1. The Bertz CT molecular complexity index is 445. The summed E-state index contributed by atoms with van der Waals surface area (Å²) in [6.45, 7) is 0. The molecule has 0 amide bonds. The molecule has 3 saturated carbocycles. The normalized spacial score (nSPS) is 67.8. The molecule has 84 valence electrons. The summed E-state index contributed by atoms with van der Waals surface area (Å²) in [5, 5.41) is 0. The number of rotatable bonds is 0. The van der Waals surface area contributed by atoms with Crippen LogP contribution >= 0.6 is 22.6 Å². The van der Waals surface area contributed by atoms with Crippen molar-refractivity contribution in [1.29, 1.82) is 0 Å². The molecule has 0 unspecified atom stereocenters. The Morgan fingerprint density at radius 1 is 1.44 bits per heavy atom. The molecule has 0 aromatic heterocycles. The van der Waals surface area contributed by atoms with E-state index in [0.717, 1.165) is 11.8 Å². The van der Waals surface area contributed by atoms with Crippen molar-refractivity contribution in [1.82, 2.24) is 0 Å². The number of hydrogen-bond donors (Lipinski definition) is 0. The van der Waals surface area contributed by atoms with Gasteiger partial charge in [0, 0.05) is 5.92 Å². The van der Waals surface area contributed by atoms with Gasteiger partial charge in [-0.05, 0) is 36.5 Å². The van der Waals surface area contributed by atoms with E-state index in [1.54, 1.807) is 0 Å². The second-order valence-electron chi connectivity index (χ2n) is 6.13. The summed E-state index contributed by atoms with van der Waals surface area (Å²) in [4.78, 5) is 12.3. The van der Waals surface area contributed by atoms with E-state index >= 15 is 0 Å². The van der Waals surface area contributed by atoms with E-state index in [-0.39, 0.29) is 17.5 Å². The van der Waals surface area contributed by atoms with Crippen molar-refractivity contribution >= 4 is 28.6 Å². The Balaban J connectivity index is 1.74. The molecule has 1 heterocycles. The molecule has 16 heavy (non-hydrogen) atoms. The quantitative estimate of drug-likeness (QED) is 0.295. The number of hydrogen-bond acceptors (Lipinski definition) is 2. The fraction of sp³-hybridized carbons (Fsp3) is 0.769. The second-order valence-corrected chi connectivity index (χ2v) is 7.57. The minimum Gasteiger partial charge on any atom is -0.460 e. The first-order valence-electron chi connectivity index (χ1n) is 6.28. The molecule has 5 aliphatic rings. The van der Waals surface area contributed by atoms with Crippen LogP contribution in [-0.2, 0) is 9.53 Å². The Kier molecular flexibility index (Phi) is 1.33. The highest BCUT2D eigenvalue weighted by atomic mass is 127. The highest BCUT2D eigenvalue weighted by Crippen LogP contribution is 2.79. The van der Waals surface area contributed by atoms with E-state index in [2.05, 4.69) is 34.7 Å². The Labute approximate surface area is 108 Å². The van der Waals surface area contributed by atoms with Crippen LogP contribution in [0.3, 0.4) is 0 Å². The lowest BCUT2D eigenvalue weighted by atomic mass is 9.44. The molecule has 4 aliphatic carbocycles. The first kappa shape index (κ1) is 8.95. The molecule has 0 radical (unpaired) electrons. The van der Waals surface area contributed by atoms with Gasteiger partial charge in [-0.25, -0.2) is 0 Å². The number of halogens is 1. The van der Waals surface area contributed by atoms with E-state index in [1.807, 2.05) is 0 Å². The van der Waals surface area contributed by atoms with E-state index < -0.39 is 0 Å². The summed E-state index contributed by atoms with van der Waals surface area (Å²) < 4.78 is 6.30. The SMILES string of the molecule is O=C1O[C@@H]2[C@@H](I)[C@H]3C[C@@H]2[C@]12[C@@H]3[C@@H]1CC=C[C@@H]12. The van der Waals surface area contributed by atoms with Gasteiger partial charge >= 0.3 is 5.97 Å². The van der Waals surface area contributed by atoms with Gasteiger partial charge in [-0.3, -0.25) is 4.79 Å². The van der Waals surface area contributed by atoms with Crippen molar-refractivity contribution in [3.05, 3.63) is 12.2 Å². The molecule has 2 bridgehead atoms. The zero-order valence-corrected chi connectivity index (χ0v) is 11.0. The van der Waals surface area contributed by atoms with Crippen LogP contribution in [-0.4, -0.2) is 16.0 Å². The van der Waals surface area contributed by atoms with Crippen molar-refractivity contribution in [2.24, 2.45) is 35.0 Å². The molecule has 4 fully saturated rings. The smallest absolute Gasteiger partial charge is 0.313 e. The zero-order valence-electron chi connectivity index (χ0n) is 8.80. The number of carbonyl (C=O) groups is 1. The van der Waals surface area contributed by atoms with Crippen LogP contribution in [0.25, 0.3) is 0 Å². The average molecular weight is 328 g/mol. The van der Waals surface area contributed by atoms with Gasteiger partial charge in [0.25, 0.3) is 0 Å². The fourth-order valence-electron chi connectivity index (χ4n) is 5.81. The standard InChI is InChI=1S/C13H13IO2/c14-10-6-4-8-11(10)16-12(15)13(8)7-3-1-2-5(7)9(6)13/h1,3,5-11H,2,4H2/t5-,6+,7+,8+,9-,10+,11+,13-/m1/s1. The minimum absolute atomic E-state index is 0.0470. The lowest BCUT2D eigenvalue weighted by molar-refractivity contribution is -0.167. The van der Waals surface area contributed by atoms with Crippen molar-refractivity contribution in [3.8, 4) is 0 Å². The maximum atomic E-state index is 12.3. The van der Waals surface area contributed by atoms with E-state index in [0.29, 0.717) is 21.7 Å². The molecular formula is C13H13IO2. The molecule has 5 rings (SSSR count). The van der Waals surface area contributed by atoms with E-state index in [1.165, 1.54) is 12.8 Å². The fourth-order valence-corrected chi connectivity index (χ4v) is 7.20. The topological polar surface area (TPSA) is 26.3 Å². The summed E-state index contributed by atoms with van der Waals surface area (Å²) in [6, 6.07) is 0. The molecule has 3 heteroatoms. The van der Waals surface area contributed by atoms with Crippen molar-refractivity contribution in [2.75, 3.05) is 0 Å². The predicted molar refractivity (Wildman–Crippen MR) is 65.9 cm³/mol. The van der Waals surface area contributed by atoms with Gasteiger partial charge in [0.15, 0.2) is 0 Å². The number of alkyl halides is 1. The van der Waals surface area contributed by atoms with Crippen molar-refractivity contribution in [3.63, 3.8) is 0 Å². The van der Waals surface area contributed by atoms with Crippen LogP contribution in [0, 0.1) is 35.0 Å². The van der Waals surface area contributed by atoms with Gasteiger partial charge < -0.3 is 4.74 Å². The monoisotopic (exact) mass is 328 g/mol. The Hall–Kier alpha value is -0.0600. The predicted octanol–water partition coefficient (Wildman–Crippen LogP) is 2.17. The number of allylic oxidation sites excluding steroid dienone is 2. The summed E-state index contributed by atoms with van der Waals surface area (Å²) >= 11 is 2.54. The van der Waals surface area contributed by atoms with Crippen LogP contribution in [0.15, 0.2) is 12.2 Å². The maximum Gasteiger partial charge on any atom is 0.313 e. The highest BCUT2D eigenvalue weighted by Gasteiger charge is 2.83. The molecule has 0 aromatic rings. The summed E-state index contributed by atoms with van der Waals surface area (Å²) in [5.41, 5.74) is -0.0470. The molecule has 0 N–H and O–H groups in total. The minimum atomic E-state index is -0.0470. The summed E-state index contributed by atoms with van der Waals surface area (Å²) in [7, 11) is 0. The molecule has 2 nitrogen and oxygen atoms in total. The van der Waals surface area contributed by atoms with Gasteiger partial charge in [0.05, 0.1) is 9.34 Å². The van der Waals surface area contributed by atoms with Gasteiger partial charge in [0.2, 0.25) is 0 Å². The highest BCUT2D eigenvalue weighted by molar-refractivity contribution is 14.1.